The zero-order chi connectivity index (χ0) is 12.3. The summed E-state index contributed by atoms with van der Waals surface area (Å²) in [6.45, 7) is 7.43. The molecule has 4 heteroatoms. The Hall–Kier alpha value is -1.29. The molecule has 1 aliphatic carbocycles. The largest absolute Gasteiger partial charge is 0.397 e. The second-order valence-electron chi connectivity index (χ2n) is 4.72. The van der Waals surface area contributed by atoms with Gasteiger partial charge in [0.2, 0.25) is 0 Å². The first-order valence-corrected chi connectivity index (χ1v) is 6.40. The van der Waals surface area contributed by atoms with Crippen molar-refractivity contribution in [2.24, 2.45) is 0 Å². The van der Waals surface area contributed by atoms with E-state index >= 15 is 0 Å². The average molecular weight is 234 g/mol. The smallest absolute Gasteiger partial charge is 0.129 e. The van der Waals surface area contributed by atoms with E-state index in [4.69, 9.17) is 5.73 Å². The number of nitrogens with two attached hydrogens (primary N) is 1. The molecule has 94 valence electrons. The Kier molecular flexibility index (Phi) is 3.84. The summed E-state index contributed by atoms with van der Waals surface area (Å²) < 4.78 is 0. The van der Waals surface area contributed by atoms with Crippen LogP contribution in [0.25, 0.3) is 0 Å². The number of anilines is 2. The van der Waals surface area contributed by atoms with Crippen LogP contribution in [0.15, 0.2) is 12.3 Å². The number of aryl methyl sites for hydroxylation is 1. The quantitative estimate of drug-likeness (QED) is 0.789. The van der Waals surface area contributed by atoms with Gasteiger partial charge in [-0.15, -0.1) is 0 Å². The van der Waals surface area contributed by atoms with Crippen molar-refractivity contribution in [3.63, 3.8) is 0 Å². The van der Waals surface area contributed by atoms with Crippen molar-refractivity contribution in [1.82, 2.24) is 9.88 Å². The lowest BCUT2D eigenvalue weighted by molar-refractivity contribution is 0.289. The molecule has 1 heterocycles. The number of nitrogens with zero attached hydrogens (tertiary/aromatic N) is 2. The van der Waals surface area contributed by atoms with Gasteiger partial charge in [0.15, 0.2) is 0 Å². The molecule has 0 bridgehead atoms. The second-order valence-corrected chi connectivity index (χ2v) is 4.72. The van der Waals surface area contributed by atoms with E-state index in [2.05, 4.69) is 22.1 Å². The van der Waals surface area contributed by atoms with Gasteiger partial charge in [-0.05, 0) is 37.9 Å². The first kappa shape index (κ1) is 12.2. The maximum Gasteiger partial charge on any atom is 0.129 e. The summed E-state index contributed by atoms with van der Waals surface area (Å²) in [6, 6.07) is 2.79. The molecule has 1 aromatic rings. The van der Waals surface area contributed by atoms with Crippen LogP contribution in [-0.4, -0.2) is 35.6 Å². The van der Waals surface area contributed by atoms with E-state index < -0.39 is 0 Å². The van der Waals surface area contributed by atoms with E-state index in [-0.39, 0.29) is 0 Å². The Morgan fingerprint density at radius 3 is 2.88 bits per heavy atom. The van der Waals surface area contributed by atoms with Gasteiger partial charge in [0, 0.05) is 19.1 Å². The predicted octanol–water partition coefficient (Wildman–Crippen LogP) is 1.87. The van der Waals surface area contributed by atoms with E-state index in [1.54, 1.807) is 6.20 Å². The van der Waals surface area contributed by atoms with E-state index in [1.807, 2.05) is 13.0 Å². The number of aromatic nitrogens is 1. The molecule has 0 aliphatic heterocycles. The van der Waals surface area contributed by atoms with Crippen molar-refractivity contribution >= 4 is 11.5 Å². The minimum absolute atomic E-state index is 0.723. The minimum atomic E-state index is 0.723. The average Bonchev–Trinajstić information content (AvgIpc) is 3.11. The van der Waals surface area contributed by atoms with Crippen LogP contribution < -0.4 is 11.1 Å². The zero-order valence-corrected chi connectivity index (χ0v) is 10.7. The molecule has 1 aromatic heterocycles. The fourth-order valence-corrected chi connectivity index (χ4v) is 2.14. The number of nitrogens with one attached hydrogen (secondary N) is 1. The van der Waals surface area contributed by atoms with Crippen molar-refractivity contribution in [1.29, 1.82) is 0 Å². The summed E-state index contributed by atoms with van der Waals surface area (Å²) in [7, 11) is 0. The van der Waals surface area contributed by atoms with E-state index in [1.165, 1.54) is 12.8 Å². The van der Waals surface area contributed by atoms with Gasteiger partial charge in [0.05, 0.1) is 11.9 Å². The molecule has 1 fully saturated rings. The number of likely N-dealkylation sites (N-methyl/N-ethyl adjacent to an activating group) is 1. The molecule has 0 radical (unpaired) electrons. The normalized spacial score (nSPS) is 15.2. The van der Waals surface area contributed by atoms with Crippen LogP contribution in [0.2, 0.25) is 0 Å². The topological polar surface area (TPSA) is 54.2 Å². The predicted molar refractivity (Wildman–Crippen MR) is 72.1 cm³/mol. The fourth-order valence-electron chi connectivity index (χ4n) is 2.14. The van der Waals surface area contributed by atoms with Crippen molar-refractivity contribution in [2.45, 2.75) is 32.7 Å². The summed E-state index contributed by atoms with van der Waals surface area (Å²) in [5.74, 6) is 0.950. The Morgan fingerprint density at radius 1 is 1.53 bits per heavy atom. The highest BCUT2D eigenvalue weighted by molar-refractivity contribution is 5.50. The molecule has 1 aliphatic rings. The Morgan fingerprint density at radius 2 is 2.29 bits per heavy atom. The molecule has 0 saturated heterocycles. The Balaban J connectivity index is 1.80. The molecule has 3 N–H and O–H groups in total. The molecular formula is C13H22N4. The van der Waals surface area contributed by atoms with Crippen LogP contribution in [0.1, 0.15) is 25.3 Å². The number of hydrogen-bond acceptors (Lipinski definition) is 4. The third-order valence-electron chi connectivity index (χ3n) is 3.26. The SMILES string of the molecule is CCN(CCNc1ncc(N)cc1C)C1CC1. The van der Waals surface area contributed by atoms with Crippen LogP contribution in [0.3, 0.4) is 0 Å². The summed E-state index contributed by atoms with van der Waals surface area (Å²) in [4.78, 5) is 6.83. The molecule has 0 unspecified atom stereocenters. The van der Waals surface area contributed by atoms with Gasteiger partial charge < -0.3 is 11.1 Å². The molecule has 0 atom stereocenters. The molecule has 4 nitrogen and oxygen atoms in total. The highest BCUT2D eigenvalue weighted by atomic mass is 15.2. The lowest BCUT2D eigenvalue weighted by Crippen LogP contribution is -2.31. The fraction of sp³-hybridized carbons (Fsp3) is 0.615. The van der Waals surface area contributed by atoms with Gasteiger partial charge in [-0.3, -0.25) is 4.90 Å². The van der Waals surface area contributed by atoms with E-state index in [0.29, 0.717) is 0 Å². The standard InChI is InChI=1S/C13H22N4/c1-3-17(12-4-5-12)7-6-15-13-10(2)8-11(14)9-16-13/h8-9,12H,3-7,14H2,1-2H3,(H,15,16). The summed E-state index contributed by atoms with van der Waals surface area (Å²) in [6.07, 6.45) is 4.44. The molecule has 17 heavy (non-hydrogen) atoms. The van der Waals surface area contributed by atoms with E-state index in [0.717, 1.165) is 42.7 Å². The third kappa shape index (κ3) is 3.33. The summed E-state index contributed by atoms with van der Waals surface area (Å²) in [5, 5.41) is 3.38. The molecule has 2 rings (SSSR count). The van der Waals surface area contributed by atoms with Gasteiger partial charge in [-0.25, -0.2) is 4.98 Å². The van der Waals surface area contributed by atoms with Crippen LogP contribution in [-0.2, 0) is 0 Å². The Bertz CT molecular complexity index is 374. The maximum absolute atomic E-state index is 5.68. The highest BCUT2D eigenvalue weighted by Gasteiger charge is 2.27. The lowest BCUT2D eigenvalue weighted by atomic mass is 10.2. The van der Waals surface area contributed by atoms with Gasteiger partial charge in [0.1, 0.15) is 5.82 Å². The van der Waals surface area contributed by atoms with Gasteiger partial charge in [-0.1, -0.05) is 6.92 Å². The van der Waals surface area contributed by atoms with Crippen molar-refractivity contribution in [3.05, 3.63) is 17.8 Å². The number of nitrogen functional groups attached to an aromatic ring is 1. The third-order valence-corrected chi connectivity index (χ3v) is 3.26. The first-order chi connectivity index (χ1) is 8.20. The number of rotatable bonds is 6. The Labute approximate surface area is 103 Å². The van der Waals surface area contributed by atoms with Crippen LogP contribution in [0.5, 0.6) is 0 Å². The first-order valence-electron chi connectivity index (χ1n) is 6.40. The molecule has 0 aromatic carbocycles. The number of pyridine rings is 1. The van der Waals surface area contributed by atoms with Gasteiger partial charge in [-0.2, -0.15) is 0 Å². The van der Waals surface area contributed by atoms with Crippen LogP contribution in [0, 0.1) is 6.92 Å². The maximum atomic E-state index is 5.68. The molecular weight excluding hydrogens is 212 g/mol. The highest BCUT2D eigenvalue weighted by Crippen LogP contribution is 2.26. The second kappa shape index (κ2) is 5.36. The molecule has 1 saturated carbocycles. The minimum Gasteiger partial charge on any atom is -0.397 e. The van der Waals surface area contributed by atoms with Crippen LogP contribution in [0.4, 0.5) is 11.5 Å². The molecule has 0 spiro atoms. The zero-order valence-electron chi connectivity index (χ0n) is 10.7. The van der Waals surface area contributed by atoms with E-state index in [9.17, 15) is 0 Å². The molecule has 0 amide bonds. The van der Waals surface area contributed by atoms with Gasteiger partial charge in [0.25, 0.3) is 0 Å². The monoisotopic (exact) mass is 234 g/mol. The van der Waals surface area contributed by atoms with Crippen molar-refractivity contribution in [3.8, 4) is 0 Å². The summed E-state index contributed by atoms with van der Waals surface area (Å²) >= 11 is 0. The summed E-state index contributed by atoms with van der Waals surface area (Å²) in [5.41, 5.74) is 7.51. The van der Waals surface area contributed by atoms with Crippen LogP contribution >= 0.6 is 0 Å². The van der Waals surface area contributed by atoms with Crippen molar-refractivity contribution < 1.29 is 0 Å². The van der Waals surface area contributed by atoms with Crippen molar-refractivity contribution in [2.75, 3.05) is 30.7 Å². The number of hydrogen-bond donors (Lipinski definition) is 2. The van der Waals surface area contributed by atoms with Gasteiger partial charge >= 0.3 is 0 Å². The lowest BCUT2D eigenvalue weighted by Gasteiger charge is -2.20.